The van der Waals surface area contributed by atoms with Crippen molar-refractivity contribution in [2.45, 2.75) is 51.6 Å². The van der Waals surface area contributed by atoms with E-state index in [4.69, 9.17) is 0 Å². The van der Waals surface area contributed by atoms with Gasteiger partial charge in [0.1, 0.15) is 0 Å². The van der Waals surface area contributed by atoms with E-state index in [2.05, 4.69) is 19.2 Å². The van der Waals surface area contributed by atoms with E-state index in [9.17, 15) is 9.59 Å². The summed E-state index contributed by atoms with van der Waals surface area (Å²) < 4.78 is 0. The summed E-state index contributed by atoms with van der Waals surface area (Å²) >= 11 is 0. The van der Waals surface area contributed by atoms with Crippen LogP contribution in [0.3, 0.4) is 0 Å². The van der Waals surface area contributed by atoms with Gasteiger partial charge in [-0.2, -0.15) is 0 Å². The Kier molecular flexibility index (Phi) is 3.52. The van der Waals surface area contributed by atoms with Crippen molar-refractivity contribution in [3.63, 3.8) is 0 Å². The van der Waals surface area contributed by atoms with Gasteiger partial charge in [-0.15, -0.1) is 0 Å². The molecule has 4 unspecified atom stereocenters. The molecule has 0 aromatic rings. The molecule has 2 rings (SSSR count). The van der Waals surface area contributed by atoms with Crippen LogP contribution in [0, 0.1) is 11.8 Å². The Morgan fingerprint density at radius 2 is 2.06 bits per heavy atom. The number of hydrogen-bond acceptors (Lipinski definition) is 3. The number of likely N-dealkylation sites (N-methyl/N-ethyl adjacent to an activating group) is 1. The maximum atomic E-state index is 11.8. The molecule has 0 aromatic heterocycles. The van der Waals surface area contributed by atoms with Gasteiger partial charge in [-0.05, 0) is 24.7 Å². The summed E-state index contributed by atoms with van der Waals surface area (Å²) in [5.41, 5.74) is 0. The lowest BCUT2D eigenvalue weighted by Crippen LogP contribution is -2.44. The number of carbonyl (C=O) groups is 2. The Labute approximate surface area is 103 Å². The second-order valence-electron chi connectivity index (χ2n) is 5.43. The summed E-state index contributed by atoms with van der Waals surface area (Å²) in [5.74, 6) is 1.23. The lowest BCUT2D eigenvalue weighted by molar-refractivity contribution is -0.137. The van der Waals surface area contributed by atoms with Gasteiger partial charge in [-0.1, -0.05) is 20.3 Å². The Bertz CT molecular complexity index is 329. The topological polar surface area (TPSA) is 49.4 Å². The van der Waals surface area contributed by atoms with Gasteiger partial charge in [-0.25, -0.2) is 0 Å². The Morgan fingerprint density at radius 3 is 2.53 bits per heavy atom. The monoisotopic (exact) mass is 238 g/mol. The number of nitrogens with zero attached hydrogens (tertiary/aromatic N) is 1. The van der Waals surface area contributed by atoms with Crippen LogP contribution < -0.4 is 5.32 Å². The average Bonchev–Trinajstić information content (AvgIpc) is 2.77. The minimum absolute atomic E-state index is 0.0646. The molecular formula is C13H22N2O2. The highest BCUT2D eigenvalue weighted by molar-refractivity contribution is 6.05. The normalized spacial score (nSPS) is 38.2. The van der Waals surface area contributed by atoms with E-state index in [0.717, 1.165) is 12.3 Å². The first kappa shape index (κ1) is 12.6. The van der Waals surface area contributed by atoms with E-state index in [-0.39, 0.29) is 17.9 Å². The van der Waals surface area contributed by atoms with Crippen LogP contribution in [-0.4, -0.2) is 35.8 Å². The van der Waals surface area contributed by atoms with Crippen molar-refractivity contribution >= 4 is 11.8 Å². The standard InChI is InChI=1S/C13H22N2O2/c1-4-9-5-6-10(8(9)2)14-11-7-12(16)15(3)13(11)17/h8-11,14H,4-7H2,1-3H3. The Morgan fingerprint density at radius 1 is 1.35 bits per heavy atom. The van der Waals surface area contributed by atoms with Gasteiger partial charge in [-0.3, -0.25) is 14.5 Å². The number of hydrogen-bond donors (Lipinski definition) is 1. The largest absolute Gasteiger partial charge is 0.302 e. The molecule has 17 heavy (non-hydrogen) atoms. The molecule has 0 bridgehead atoms. The molecule has 1 N–H and O–H groups in total. The van der Waals surface area contributed by atoms with Gasteiger partial charge >= 0.3 is 0 Å². The summed E-state index contributed by atoms with van der Waals surface area (Å²) in [6.07, 6.45) is 3.90. The van der Waals surface area contributed by atoms with Crippen molar-refractivity contribution in [3.05, 3.63) is 0 Å². The van der Waals surface area contributed by atoms with E-state index < -0.39 is 0 Å². The molecule has 0 radical (unpaired) electrons. The molecule has 4 heteroatoms. The fourth-order valence-electron chi connectivity index (χ4n) is 3.20. The first-order valence-electron chi connectivity index (χ1n) is 6.61. The van der Waals surface area contributed by atoms with Crippen molar-refractivity contribution in [2.75, 3.05) is 7.05 Å². The van der Waals surface area contributed by atoms with E-state index in [1.54, 1.807) is 7.05 Å². The maximum Gasteiger partial charge on any atom is 0.246 e. The third-order valence-electron chi connectivity index (χ3n) is 4.55. The van der Waals surface area contributed by atoms with Crippen LogP contribution in [0.1, 0.15) is 39.5 Å². The summed E-state index contributed by atoms with van der Waals surface area (Å²) in [6.45, 7) is 4.48. The van der Waals surface area contributed by atoms with Gasteiger partial charge < -0.3 is 5.32 Å². The van der Waals surface area contributed by atoms with Crippen LogP contribution in [0.5, 0.6) is 0 Å². The van der Waals surface area contributed by atoms with Gasteiger partial charge in [0.25, 0.3) is 0 Å². The summed E-state index contributed by atoms with van der Waals surface area (Å²) in [5, 5.41) is 3.39. The van der Waals surface area contributed by atoms with Crippen LogP contribution >= 0.6 is 0 Å². The van der Waals surface area contributed by atoms with Crippen LogP contribution in [-0.2, 0) is 9.59 Å². The smallest absolute Gasteiger partial charge is 0.246 e. The zero-order valence-corrected chi connectivity index (χ0v) is 10.9. The molecule has 4 atom stereocenters. The van der Waals surface area contributed by atoms with Crippen LogP contribution in [0.4, 0.5) is 0 Å². The molecule has 4 nitrogen and oxygen atoms in total. The molecule has 2 aliphatic rings. The molecule has 96 valence electrons. The van der Waals surface area contributed by atoms with E-state index in [1.807, 2.05) is 0 Å². The lowest BCUT2D eigenvalue weighted by atomic mass is 9.93. The number of amides is 2. The van der Waals surface area contributed by atoms with Crippen molar-refractivity contribution in [1.82, 2.24) is 10.2 Å². The fraction of sp³-hybridized carbons (Fsp3) is 0.846. The minimum atomic E-state index is -0.282. The predicted octanol–water partition coefficient (Wildman–Crippen LogP) is 1.16. The molecule has 2 fully saturated rings. The SMILES string of the molecule is CCC1CCC(NC2CC(=O)N(C)C2=O)C1C. The zero-order chi connectivity index (χ0) is 12.6. The highest BCUT2D eigenvalue weighted by Gasteiger charge is 2.40. The zero-order valence-electron chi connectivity index (χ0n) is 10.9. The molecule has 2 amide bonds. The number of carbonyl (C=O) groups excluding carboxylic acids is 2. The Hall–Kier alpha value is -0.900. The summed E-state index contributed by atoms with van der Waals surface area (Å²) in [7, 11) is 1.57. The van der Waals surface area contributed by atoms with E-state index in [1.165, 1.54) is 17.7 Å². The van der Waals surface area contributed by atoms with Crippen LogP contribution in [0.25, 0.3) is 0 Å². The van der Waals surface area contributed by atoms with Gasteiger partial charge in [0.2, 0.25) is 11.8 Å². The van der Waals surface area contributed by atoms with Gasteiger partial charge in [0.05, 0.1) is 12.5 Å². The van der Waals surface area contributed by atoms with E-state index >= 15 is 0 Å². The molecule has 1 aliphatic carbocycles. The number of imide groups is 1. The molecule has 1 aliphatic heterocycles. The quantitative estimate of drug-likeness (QED) is 0.751. The highest BCUT2D eigenvalue weighted by atomic mass is 16.2. The minimum Gasteiger partial charge on any atom is -0.302 e. The van der Waals surface area contributed by atoms with Gasteiger partial charge in [0, 0.05) is 13.1 Å². The molecule has 0 aromatic carbocycles. The van der Waals surface area contributed by atoms with Gasteiger partial charge in [0.15, 0.2) is 0 Å². The molecule has 0 spiro atoms. The molecule has 1 saturated carbocycles. The first-order chi connectivity index (χ1) is 8.04. The van der Waals surface area contributed by atoms with Crippen molar-refractivity contribution < 1.29 is 9.59 Å². The lowest BCUT2D eigenvalue weighted by Gasteiger charge is -2.23. The number of nitrogens with one attached hydrogen (secondary N) is 1. The second-order valence-corrected chi connectivity index (χ2v) is 5.43. The predicted molar refractivity (Wildman–Crippen MR) is 65.3 cm³/mol. The first-order valence-corrected chi connectivity index (χ1v) is 6.61. The van der Waals surface area contributed by atoms with Crippen molar-refractivity contribution in [2.24, 2.45) is 11.8 Å². The average molecular weight is 238 g/mol. The Balaban J connectivity index is 1.95. The van der Waals surface area contributed by atoms with Crippen molar-refractivity contribution in [3.8, 4) is 0 Å². The second kappa shape index (κ2) is 4.77. The highest BCUT2D eigenvalue weighted by Crippen LogP contribution is 2.34. The molecule has 1 heterocycles. The van der Waals surface area contributed by atoms with Crippen molar-refractivity contribution in [1.29, 1.82) is 0 Å². The third-order valence-corrected chi connectivity index (χ3v) is 4.55. The molecular weight excluding hydrogens is 216 g/mol. The van der Waals surface area contributed by atoms with E-state index in [0.29, 0.717) is 18.4 Å². The summed E-state index contributed by atoms with van der Waals surface area (Å²) in [4.78, 5) is 24.5. The van der Waals surface area contributed by atoms with Crippen LogP contribution in [0.15, 0.2) is 0 Å². The fourth-order valence-corrected chi connectivity index (χ4v) is 3.20. The molecule has 1 saturated heterocycles. The number of likely N-dealkylation sites (tertiary alicyclic amines) is 1. The maximum absolute atomic E-state index is 11.8. The summed E-state index contributed by atoms with van der Waals surface area (Å²) in [6, 6.07) is 0.115. The van der Waals surface area contributed by atoms with Crippen LogP contribution in [0.2, 0.25) is 0 Å². The third kappa shape index (κ3) is 2.23. The number of rotatable bonds is 3.